The SMILES string of the molecule is C/C=C/C#CC#C/C=C/CCC(O)CCO.CC(=O)[O-].CC(=O)[O-]. The highest BCUT2D eigenvalue weighted by Gasteiger charge is 1.99. The Morgan fingerprint density at radius 2 is 1.50 bits per heavy atom. The summed E-state index contributed by atoms with van der Waals surface area (Å²) in [5.74, 6) is 8.73. The molecule has 6 nitrogen and oxygen atoms in total. The van der Waals surface area contributed by atoms with Gasteiger partial charge in [0.1, 0.15) is 0 Å². The lowest BCUT2D eigenvalue weighted by Crippen LogP contribution is -2.16. The molecule has 0 saturated heterocycles. The number of allylic oxidation sites excluding steroid dienone is 4. The van der Waals surface area contributed by atoms with Crippen molar-refractivity contribution in [1.82, 2.24) is 0 Å². The van der Waals surface area contributed by atoms with Crippen molar-refractivity contribution >= 4 is 11.9 Å². The van der Waals surface area contributed by atoms with Gasteiger partial charge in [-0.05, 0) is 64.0 Å². The molecular weight excluding hydrogens is 312 g/mol. The van der Waals surface area contributed by atoms with E-state index >= 15 is 0 Å². The molecule has 0 aromatic heterocycles. The van der Waals surface area contributed by atoms with Crippen LogP contribution in [0.3, 0.4) is 0 Å². The molecule has 1 atom stereocenters. The average molecular weight is 336 g/mol. The minimum absolute atomic E-state index is 0.0330. The highest BCUT2D eigenvalue weighted by Crippen LogP contribution is 2.01. The van der Waals surface area contributed by atoms with E-state index in [-0.39, 0.29) is 6.61 Å². The highest BCUT2D eigenvalue weighted by molar-refractivity contribution is 5.60. The van der Waals surface area contributed by atoms with Gasteiger partial charge < -0.3 is 30.0 Å². The van der Waals surface area contributed by atoms with Crippen molar-refractivity contribution in [1.29, 1.82) is 0 Å². The Hall–Kier alpha value is -2.54. The predicted molar refractivity (Wildman–Crippen MR) is 87.8 cm³/mol. The molecule has 1 unspecified atom stereocenters. The molecule has 0 rings (SSSR count). The van der Waals surface area contributed by atoms with Gasteiger partial charge in [-0.25, -0.2) is 0 Å². The number of rotatable bonds is 5. The number of aliphatic carboxylic acids is 2. The standard InChI is InChI=1S/C14H18O2.2C2H4O2/c1-2-3-4-5-6-7-8-9-10-11-14(16)12-13-15;2*1-2(3)4/h2-3,8-9,14-16H,10-13H2,1H3;2*1H3,(H,3,4)/p-2/b3-2+,9-8+;;. The maximum atomic E-state index is 9.29. The zero-order valence-corrected chi connectivity index (χ0v) is 14.2. The number of carboxylic acid groups (broad SMARTS) is 2. The number of carboxylic acids is 2. The number of hydrogen-bond acceptors (Lipinski definition) is 6. The summed E-state index contributed by atoms with van der Waals surface area (Å²) in [6.07, 6.45) is 8.66. The van der Waals surface area contributed by atoms with Crippen LogP contribution in [0.5, 0.6) is 0 Å². The van der Waals surface area contributed by atoms with Crippen molar-refractivity contribution in [2.75, 3.05) is 6.61 Å². The first-order chi connectivity index (χ1) is 11.3. The van der Waals surface area contributed by atoms with Crippen LogP contribution in [0.1, 0.15) is 40.0 Å². The van der Waals surface area contributed by atoms with Crippen LogP contribution < -0.4 is 10.2 Å². The van der Waals surface area contributed by atoms with Crippen molar-refractivity contribution in [2.45, 2.75) is 46.1 Å². The lowest BCUT2D eigenvalue weighted by molar-refractivity contribution is -0.303. The van der Waals surface area contributed by atoms with Gasteiger partial charge in [0.25, 0.3) is 0 Å². The van der Waals surface area contributed by atoms with Gasteiger partial charge in [-0.2, -0.15) is 0 Å². The third-order valence-corrected chi connectivity index (χ3v) is 1.79. The minimum Gasteiger partial charge on any atom is -0.550 e. The van der Waals surface area contributed by atoms with E-state index in [2.05, 4.69) is 23.7 Å². The van der Waals surface area contributed by atoms with Crippen molar-refractivity contribution in [2.24, 2.45) is 0 Å². The minimum atomic E-state index is -1.08. The van der Waals surface area contributed by atoms with E-state index in [1.165, 1.54) is 0 Å². The molecule has 0 aromatic carbocycles. The number of aliphatic hydroxyl groups is 2. The summed E-state index contributed by atoms with van der Waals surface area (Å²) in [7, 11) is 0. The van der Waals surface area contributed by atoms with Gasteiger partial charge in [0.2, 0.25) is 0 Å². The number of hydrogen-bond donors (Lipinski definition) is 2. The number of carbonyl (C=O) groups is 2. The molecule has 24 heavy (non-hydrogen) atoms. The van der Waals surface area contributed by atoms with Gasteiger partial charge >= 0.3 is 0 Å². The monoisotopic (exact) mass is 336 g/mol. The van der Waals surface area contributed by atoms with Gasteiger partial charge in [0.15, 0.2) is 0 Å². The third-order valence-electron chi connectivity index (χ3n) is 1.79. The van der Waals surface area contributed by atoms with Crippen molar-refractivity contribution in [3.8, 4) is 23.7 Å². The van der Waals surface area contributed by atoms with Crippen LogP contribution in [0.2, 0.25) is 0 Å². The predicted octanol–water partition coefficient (Wildman–Crippen LogP) is -0.839. The van der Waals surface area contributed by atoms with E-state index in [1.54, 1.807) is 12.2 Å². The van der Waals surface area contributed by atoms with Crippen LogP contribution in [0.15, 0.2) is 24.3 Å². The molecule has 0 saturated carbocycles. The Bertz CT molecular complexity index is 477. The smallest absolute Gasteiger partial charge is 0.0565 e. The Balaban J connectivity index is -0.000000457. The van der Waals surface area contributed by atoms with E-state index in [9.17, 15) is 5.11 Å². The van der Waals surface area contributed by atoms with Gasteiger partial charge in [0, 0.05) is 18.5 Å². The highest BCUT2D eigenvalue weighted by atomic mass is 16.4. The molecule has 0 aliphatic carbocycles. The summed E-state index contributed by atoms with van der Waals surface area (Å²) >= 11 is 0. The zero-order chi connectivity index (χ0) is 19.2. The topological polar surface area (TPSA) is 121 Å². The molecule has 0 aliphatic heterocycles. The van der Waals surface area contributed by atoms with Gasteiger partial charge in [-0.1, -0.05) is 24.0 Å². The van der Waals surface area contributed by atoms with Gasteiger partial charge in [0.05, 0.1) is 6.10 Å². The lowest BCUT2D eigenvalue weighted by atomic mass is 10.1. The van der Waals surface area contributed by atoms with Gasteiger partial charge in [-0.15, -0.1) is 0 Å². The molecule has 0 radical (unpaired) electrons. The molecule has 2 N–H and O–H groups in total. The Labute approximate surface area is 143 Å². The fourth-order valence-electron chi connectivity index (χ4n) is 0.963. The fraction of sp³-hybridized carbons (Fsp3) is 0.444. The lowest BCUT2D eigenvalue weighted by Gasteiger charge is -2.04. The van der Waals surface area contributed by atoms with Crippen LogP contribution >= 0.6 is 0 Å². The van der Waals surface area contributed by atoms with Gasteiger partial charge in [-0.3, -0.25) is 0 Å². The second-order valence-corrected chi connectivity index (χ2v) is 4.17. The first-order valence-electron chi connectivity index (χ1n) is 7.19. The molecule has 0 spiro atoms. The van der Waals surface area contributed by atoms with Crippen molar-refractivity contribution in [3.63, 3.8) is 0 Å². The summed E-state index contributed by atoms with van der Waals surface area (Å²) < 4.78 is 0. The van der Waals surface area contributed by atoms with Crippen molar-refractivity contribution in [3.05, 3.63) is 24.3 Å². The Morgan fingerprint density at radius 1 is 1.04 bits per heavy atom. The summed E-state index contributed by atoms with van der Waals surface area (Å²) in [6, 6.07) is 0. The fourth-order valence-corrected chi connectivity index (χ4v) is 0.963. The van der Waals surface area contributed by atoms with Crippen LogP contribution in [0.4, 0.5) is 0 Å². The molecule has 0 aromatic rings. The molecule has 0 aliphatic rings. The van der Waals surface area contributed by atoms with Crippen LogP contribution in [-0.2, 0) is 9.59 Å². The summed E-state index contributed by atoms with van der Waals surface area (Å²) in [6.45, 7) is 3.88. The molecular formula is C18H24O6-2. The zero-order valence-electron chi connectivity index (χ0n) is 14.2. The van der Waals surface area contributed by atoms with E-state index < -0.39 is 18.0 Å². The molecule has 6 heteroatoms. The summed E-state index contributed by atoms with van der Waals surface area (Å²) in [4.78, 5) is 17.8. The van der Waals surface area contributed by atoms with E-state index in [1.807, 2.05) is 19.1 Å². The maximum Gasteiger partial charge on any atom is 0.0565 e. The number of aliphatic hydroxyl groups excluding tert-OH is 2. The average Bonchev–Trinajstić information content (AvgIpc) is 2.44. The number of carbonyl (C=O) groups excluding carboxylic acids is 2. The molecule has 0 heterocycles. The Morgan fingerprint density at radius 3 is 1.92 bits per heavy atom. The second kappa shape index (κ2) is 22.7. The molecule has 134 valence electrons. The van der Waals surface area contributed by atoms with E-state index in [0.717, 1.165) is 20.3 Å². The first-order valence-corrected chi connectivity index (χ1v) is 7.19. The molecule has 0 fully saturated rings. The van der Waals surface area contributed by atoms with Crippen LogP contribution in [-0.4, -0.2) is 34.9 Å². The largest absolute Gasteiger partial charge is 0.550 e. The normalized spacial score (nSPS) is 10.0. The maximum absolute atomic E-state index is 9.29. The Kier molecular flexibility index (Phi) is 25.0. The second-order valence-electron chi connectivity index (χ2n) is 4.17. The third kappa shape index (κ3) is 50.5. The van der Waals surface area contributed by atoms with Crippen LogP contribution in [0, 0.1) is 23.7 Å². The molecule has 0 amide bonds. The van der Waals surface area contributed by atoms with Crippen molar-refractivity contribution < 1.29 is 30.0 Å². The van der Waals surface area contributed by atoms with E-state index in [4.69, 9.17) is 24.9 Å². The summed E-state index contributed by atoms with van der Waals surface area (Å²) in [5.41, 5.74) is 0. The quantitative estimate of drug-likeness (QED) is 0.632. The van der Waals surface area contributed by atoms with E-state index in [0.29, 0.717) is 12.8 Å². The molecule has 0 bridgehead atoms. The summed E-state index contributed by atoms with van der Waals surface area (Å²) in [5, 5.41) is 35.6. The van der Waals surface area contributed by atoms with Crippen LogP contribution in [0.25, 0.3) is 0 Å². The first kappa shape index (κ1) is 26.4.